The maximum absolute atomic E-state index is 11.0. The van der Waals surface area contributed by atoms with Gasteiger partial charge in [-0.15, -0.1) is 12.4 Å². The van der Waals surface area contributed by atoms with Crippen LogP contribution in [0.4, 0.5) is 0 Å². The third-order valence-corrected chi connectivity index (χ3v) is 2.45. The smallest absolute Gasteiger partial charge is 0.149 e. The van der Waals surface area contributed by atoms with Crippen LogP contribution in [0.25, 0.3) is 0 Å². The zero-order chi connectivity index (χ0) is 7.61. The summed E-state index contributed by atoms with van der Waals surface area (Å²) in [5, 5.41) is 0. The van der Waals surface area contributed by atoms with Crippen molar-refractivity contribution in [2.24, 2.45) is 5.73 Å². The monoisotopic (exact) mass is 177 g/mol. The first-order valence-electron chi connectivity index (χ1n) is 3.95. The highest BCUT2D eigenvalue weighted by molar-refractivity contribution is 5.86. The third-order valence-electron chi connectivity index (χ3n) is 2.45. The van der Waals surface area contributed by atoms with Crippen LogP contribution >= 0.6 is 12.4 Å². The Balaban J connectivity index is 0.000001000. The average Bonchev–Trinajstić information content (AvgIpc) is 1.89. The number of rotatable bonds is 1. The van der Waals surface area contributed by atoms with Crippen LogP contribution in [0.15, 0.2) is 0 Å². The predicted molar refractivity (Wildman–Crippen MR) is 47.9 cm³/mol. The standard InChI is InChI=1S/C8H15NO.ClH/c1-7(10)8(9)5-3-2-4-6-8;/h2-6,9H2,1H3;1H. The van der Waals surface area contributed by atoms with Crippen LogP contribution in [0, 0.1) is 0 Å². The molecule has 0 amide bonds. The van der Waals surface area contributed by atoms with E-state index in [1.54, 1.807) is 6.92 Å². The fourth-order valence-electron chi connectivity index (χ4n) is 1.53. The number of carbonyl (C=O) groups excluding carboxylic acids is 1. The summed E-state index contributed by atoms with van der Waals surface area (Å²) in [5.41, 5.74) is 5.39. The van der Waals surface area contributed by atoms with Gasteiger partial charge in [0.25, 0.3) is 0 Å². The molecule has 0 aliphatic heterocycles. The van der Waals surface area contributed by atoms with Gasteiger partial charge in [-0.2, -0.15) is 0 Å². The van der Waals surface area contributed by atoms with E-state index in [0.29, 0.717) is 0 Å². The van der Waals surface area contributed by atoms with Crippen molar-refractivity contribution in [1.82, 2.24) is 0 Å². The van der Waals surface area contributed by atoms with E-state index in [0.717, 1.165) is 25.7 Å². The molecule has 0 aromatic carbocycles. The van der Waals surface area contributed by atoms with Crippen LogP contribution in [-0.2, 0) is 4.79 Å². The lowest BCUT2D eigenvalue weighted by atomic mass is 9.80. The Morgan fingerprint density at radius 1 is 1.27 bits per heavy atom. The van der Waals surface area contributed by atoms with Gasteiger partial charge in [0.15, 0.2) is 0 Å². The maximum Gasteiger partial charge on any atom is 0.149 e. The molecule has 2 nitrogen and oxygen atoms in total. The molecule has 0 bridgehead atoms. The summed E-state index contributed by atoms with van der Waals surface area (Å²) in [6.07, 6.45) is 5.27. The van der Waals surface area contributed by atoms with Crippen LogP contribution in [0.3, 0.4) is 0 Å². The first-order valence-corrected chi connectivity index (χ1v) is 3.95. The molecule has 1 aliphatic rings. The first-order chi connectivity index (χ1) is 4.65. The van der Waals surface area contributed by atoms with Gasteiger partial charge in [0, 0.05) is 0 Å². The van der Waals surface area contributed by atoms with E-state index in [9.17, 15) is 4.79 Å². The van der Waals surface area contributed by atoms with E-state index in [1.165, 1.54) is 6.42 Å². The summed E-state index contributed by atoms with van der Waals surface area (Å²) < 4.78 is 0. The van der Waals surface area contributed by atoms with Gasteiger partial charge in [-0.3, -0.25) is 4.79 Å². The number of Topliss-reactive ketones (excluding diaryl/α,β-unsaturated/α-hetero) is 1. The molecule has 0 radical (unpaired) electrons. The molecule has 1 rings (SSSR count). The molecule has 0 aromatic heterocycles. The number of nitrogens with two attached hydrogens (primary N) is 1. The summed E-state index contributed by atoms with van der Waals surface area (Å²) in [4.78, 5) is 11.0. The molecule has 2 N–H and O–H groups in total. The lowest BCUT2D eigenvalue weighted by Gasteiger charge is -2.30. The van der Waals surface area contributed by atoms with E-state index in [1.807, 2.05) is 0 Å². The molecule has 11 heavy (non-hydrogen) atoms. The number of hydrogen-bond donors (Lipinski definition) is 1. The van der Waals surface area contributed by atoms with Crippen molar-refractivity contribution in [3.63, 3.8) is 0 Å². The van der Waals surface area contributed by atoms with E-state index >= 15 is 0 Å². The number of halogens is 1. The highest BCUT2D eigenvalue weighted by Crippen LogP contribution is 2.26. The summed E-state index contributed by atoms with van der Waals surface area (Å²) in [6.45, 7) is 1.60. The van der Waals surface area contributed by atoms with Crippen molar-refractivity contribution >= 4 is 18.2 Å². The molecular formula is C8H16ClNO. The molecular weight excluding hydrogens is 162 g/mol. The Morgan fingerprint density at radius 3 is 2.00 bits per heavy atom. The van der Waals surface area contributed by atoms with Crippen LogP contribution < -0.4 is 5.73 Å². The van der Waals surface area contributed by atoms with Crippen LogP contribution in [0.2, 0.25) is 0 Å². The van der Waals surface area contributed by atoms with Crippen LogP contribution in [0.5, 0.6) is 0 Å². The molecule has 3 heteroatoms. The molecule has 0 aromatic rings. The number of ketones is 1. The second-order valence-electron chi connectivity index (χ2n) is 3.27. The number of hydrogen-bond acceptors (Lipinski definition) is 2. The molecule has 0 heterocycles. The SMILES string of the molecule is CC(=O)C1(N)CCCCC1.Cl. The molecule has 1 aliphatic carbocycles. The highest BCUT2D eigenvalue weighted by atomic mass is 35.5. The van der Waals surface area contributed by atoms with Gasteiger partial charge in [0.2, 0.25) is 0 Å². The van der Waals surface area contributed by atoms with Crippen molar-refractivity contribution in [2.45, 2.75) is 44.6 Å². The molecule has 1 saturated carbocycles. The maximum atomic E-state index is 11.0. The van der Waals surface area contributed by atoms with Crippen molar-refractivity contribution in [3.05, 3.63) is 0 Å². The topological polar surface area (TPSA) is 43.1 Å². The van der Waals surface area contributed by atoms with E-state index < -0.39 is 5.54 Å². The number of carbonyl (C=O) groups is 1. The van der Waals surface area contributed by atoms with Crippen molar-refractivity contribution in [1.29, 1.82) is 0 Å². The normalized spacial score (nSPS) is 22.0. The minimum absolute atomic E-state index is 0. The van der Waals surface area contributed by atoms with Gasteiger partial charge < -0.3 is 5.73 Å². The molecule has 0 unspecified atom stereocenters. The summed E-state index contributed by atoms with van der Waals surface area (Å²) >= 11 is 0. The van der Waals surface area contributed by atoms with Gasteiger partial charge in [0.05, 0.1) is 5.54 Å². The van der Waals surface area contributed by atoms with Crippen molar-refractivity contribution < 1.29 is 4.79 Å². The zero-order valence-corrected chi connectivity index (χ0v) is 7.75. The average molecular weight is 178 g/mol. The molecule has 0 spiro atoms. The molecule has 66 valence electrons. The zero-order valence-electron chi connectivity index (χ0n) is 6.93. The second-order valence-corrected chi connectivity index (χ2v) is 3.27. The Morgan fingerprint density at radius 2 is 1.73 bits per heavy atom. The van der Waals surface area contributed by atoms with Crippen molar-refractivity contribution in [2.75, 3.05) is 0 Å². The Bertz CT molecular complexity index is 141. The summed E-state index contributed by atoms with van der Waals surface area (Å²) in [5.74, 6) is 0.159. The van der Waals surface area contributed by atoms with Gasteiger partial charge in [-0.05, 0) is 19.8 Å². The van der Waals surface area contributed by atoms with E-state index in [4.69, 9.17) is 5.73 Å². The van der Waals surface area contributed by atoms with Gasteiger partial charge in [0.1, 0.15) is 5.78 Å². The van der Waals surface area contributed by atoms with E-state index in [-0.39, 0.29) is 18.2 Å². The second kappa shape index (κ2) is 4.07. The molecule has 1 fully saturated rings. The third kappa shape index (κ3) is 2.46. The largest absolute Gasteiger partial charge is 0.319 e. The predicted octanol–water partition coefficient (Wildman–Crippen LogP) is 1.66. The lowest BCUT2D eigenvalue weighted by molar-refractivity contribution is -0.123. The van der Waals surface area contributed by atoms with Gasteiger partial charge in [-0.1, -0.05) is 19.3 Å². The Hall–Kier alpha value is -0.0800. The Kier molecular flexibility index (Phi) is 4.04. The Labute approximate surface area is 73.9 Å². The van der Waals surface area contributed by atoms with Gasteiger partial charge >= 0.3 is 0 Å². The van der Waals surface area contributed by atoms with Crippen LogP contribution in [-0.4, -0.2) is 11.3 Å². The molecule has 0 saturated heterocycles. The van der Waals surface area contributed by atoms with Crippen LogP contribution in [0.1, 0.15) is 39.0 Å². The fourth-order valence-corrected chi connectivity index (χ4v) is 1.53. The minimum Gasteiger partial charge on any atom is -0.319 e. The highest BCUT2D eigenvalue weighted by Gasteiger charge is 2.31. The summed E-state index contributed by atoms with van der Waals surface area (Å²) in [7, 11) is 0. The van der Waals surface area contributed by atoms with Gasteiger partial charge in [-0.25, -0.2) is 0 Å². The molecule has 0 atom stereocenters. The quantitative estimate of drug-likeness (QED) is 0.662. The minimum atomic E-state index is -0.460. The van der Waals surface area contributed by atoms with Crippen molar-refractivity contribution in [3.8, 4) is 0 Å². The lowest BCUT2D eigenvalue weighted by Crippen LogP contribution is -2.48. The van der Waals surface area contributed by atoms with E-state index in [2.05, 4.69) is 0 Å². The summed E-state index contributed by atoms with van der Waals surface area (Å²) in [6, 6.07) is 0. The first kappa shape index (κ1) is 10.9. The fraction of sp³-hybridized carbons (Fsp3) is 0.875.